The Kier molecular flexibility index (Phi) is 6.40. The van der Waals surface area contributed by atoms with Crippen LogP contribution in [-0.2, 0) is 19.6 Å². The van der Waals surface area contributed by atoms with Gasteiger partial charge in [0.1, 0.15) is 0 Å². The van der Waals surface area contributed by atoms with Gasteiger partial charge >= 0.3 is 0 Å². The van der Waals surface area contributed by atoms with Gasteiger partial charge in [-0.15, -0.1) is 0 Å². The lowest BCUT2D eigenvalue weighted by Gasteiger charge is -2.22. The molecule has 1 amide bonds. The highest BCUT2D eigenvalue weighted by Crippen LogP contribution is 2.11. The molecule has 3 N–H and O–H groups in total. The van der Waals surface area contributed by atoms with Crippen LogP contribution in [0.4, 0.5) is 0 Å². The molecule has 2 atom stereocenters. The zero-order chi connectivity index (χ0) is 15.1. The van der Waals surface area contributed by atoms with Gasteiger partial charge in [0.05, 0.1) is 17.8 Å². The summed E-state index contributed by atoms with van der Waals surface area (Å²) in [6.45, 7) is 2.70. The van der Waals surface area contributed by atoms with Crippen LogP contribution >= 0.6 is 0 Å². The second kappa shape index (κ2) is 8.07. The van der Waals surface area contributed by atoms with Crippen molar-refractivity contribution >= 4 is 15.9 Å². The molecule has 0 aromatic carbocycles. The van der Waals surface area contributed by atoms with Crippen molar-refractivity contribution in [2.75, 3.05) is 38.5 Å². The monoisotopic (exact) mass is 319 g/mol. The van der Waals surface area contributed by atoms with Gasteiger partial charge < -0.3 is 15.4 Å². The van der Waals surface area contributed by atoms with Crippen LogP contribution in [0.15, 0.2) is 0 Å². The topological polar surface area (TPSA) is 96.5 Å². The molecule has 21 heavy (non-hydrogen) atoms. The molecule has 0 bridgehead atoms. The number of rotatable bonds is 7. The summed E-state index contributed by atoms with van der Waals surface area (Å²) >= 11 is 0. The molecule has 2 unspecified atom stereocenters. The van der Waals surface area contributed by atoms with Crippen LogP contribution in [0.3, 0.4) is 0 Å². The highest BCUT2D eigenvalue weighted by molar-refractivity contribution is 7.89. The SMILES string of the molecule is O=C(NCCS(=O)(=O)NCC1CCCCO1)C1CCNC1. The Bertz CT molecular complexity index is 429. The summed E-state index contributed by atoms with van der Waals surface area (Å²) in [5, 5.41) is 5.80. The van der Waals surface area contributed by atoms with Crippen molar-refractivity contribution in [1.29, 1.82) is 0 Å². The lowest BCUT2D eigenvalue weighted by atomic mass is 10.1. The molecular formula is C13H25N3O4S. The number of carbonyl (C=O) groups is 1. The molecule has 7 nitrogen and oxygen atoms in total. The molecule has 2 aliphatic heterocycles. The summed E-state index contributed by atoms with van der Waals surface area (Å²) in [4.78, 5) is 11.8. The minimum absolute atomic E-state index is 0.0207. The van der Waals surface area contributed by atoms with Crippen molar-refractivity contribution in [2.24, 2.45) is 5.92 Å². The number of carbonyl (C=O) groups excluding carboxylic acids is 1. The van der Waals surface area contributed by atoms with E-state index in [9.17, 15) is 13.2 Å². The van der Waals surface area contributed by atoms with Crippen molar-refractivity contribution in [3.8, 4) is 0 Å². The first-order valence-electron chi connectivity index (χ1n) is 7.64. The van der Waals surface area contributed by atoms with Crippen LogP contribution in [0.2, 0.25) is 0 Å². The first-order chi connectivity index (χ1) is 10.1. The summed E-state index contributed by atoms with van der Waals surface area (Å²) in [6, 6.07) is 0. The first-order valence-corrected chi connectivity index (χ1v) is 9.29. The van der Waals surface area contributed by atoms with Gasteiger partial charge in [-0.25, -0.2) is 13.1 Å². The molecule has 0 aromatic heterocycles. The lowest BCUT2D eigenvalue weighted by molar-refractivity contribution is -0.124. The fourth-order valence-electron chi connectivity index (χ4n) is 2.59. The zero-order valence-corrected chi connectivity index (χ0v) is 13.1. The summed E-state index contributed by atoms with van der Waals surface area (Å²) in [5.74, 6) is -0.187. The van der Waals surface area contributed by atoms with E-state index in [1.54, 1.807) is 0 Å². The fraction of sp³-hybridized carbons (Fsp3) is 0.923. The average molecular weight is 319 g/mol. The Hall–Kier alpha value is -0.700. The maximum atomic E-state index is 11.8. The number of ether oxygens (including phenoxy) is 1. The molecule has 2 fully saturated rings. The molecule has 8 heteroatoms. The van der Waals surface area contributed by atoms with E-state index in [4.69, 9.17) is 4.74 Å². The normalized spacial score (nSPS) is 26.7. The Labute approximate surface area is 126 Å². The molecular weight excluding hydrogens is 294 g/mol. The second-order valence-electron chi connectivity index (χ2n) is 5.64. The van der Waals surface area contributed by atoms with E-state index in [-0.39, 0.29) is 30.2 Å². The minimum atomic E-state index is -3.36. The van der Waals surface area contributed by atoms with Crippen molar-refractivity contribution in [3.05, 3.63) is 0 Å². The van der Waals surface area contributed by atoms with E-state index < -0.39 is 10.0 Å². The zero-order valence-electron chi connectivity index (χ0n) is 12.3. The maximum absolute atomic E-state index is 11.8. The summed E-state index contributed by atoms with van der Waals surface area (Å²) < 4.78 is 31.7. The van der Waals surface area contributed by atoms with Crippen molar-refractivity contribution in [2.45, 2.75) is 31.8 Å². The summed E-state index contributed by atoms with van der Waals surface area (Å²) in [5.41, 5.74) is 0. The van der Waals surface area contributed by atoms with Crippen molar-refractivity contribution in [1.82, 2.24) is 15.4 Å². The van der Waals surface area contributed by atoms with Gasteiger partial charge in [-0.05, 0) is 32.2 Å². The number of sulfonamides is 1. The van der Waals surface area contributed by atoms with Crippen LogP contribution in [0, 0.1) is 5.92 Å². The smallest absolute Gasteiger partial charge is 0.224 e. The third-order valence-electron chi connectivity index (χ3n) is 3.91. The predicted octanol–water partition coefficient (Wildman–Crippen LogP) is -0.799. The Morgan fingerprint density at radius 3 is 2.81 bits per heavy atom. The molecule has 122 valence electrons. The standard InChI is InChI=1S/C13H25N3O4S/c17-13(11-4-5-14-9-11)15-6-8-21(18,19)16-10-12-3-1-2-7-20-12/h11-12,14,16H,1-10H2,(H,15,17). The van der Waals surface area contributed by atoms with Crippen molar-refractivity contribution < 1.29 is 17.9 Å². The van der Waals surface area contributed by atoms with Gasteiger partial charge in [-0.2, -0.15) is 0 Å². The molecule has 0 saturated carbocycles. The van der Waals surface area contributed by atoms with Crippen molar-refractivity contribution in [3.63, 3.8) is 0 Å². The molecule has 0 radical (unpaired) electrons. The van der Waals surface area contributed by atoms with Gasteiger partial charge in [-0.3, -0.25) is 4.79 Å². The third kappa shape index (κ3) is 5.90. The van der Waals surface area contributed by atoms with Gasteiger partial charge in [-0.1, -0.05) is 0 Å². The van der Waals surface area contributed by atoms with E-state index in [1.165, 1.54) is 0 Å². The van der Waals surface area contributed by atoms with Gasteiger partial charge in [0.25, 0.3) is 0 Å². The minimum Gasteiger partial charge on any atom is -0.377 e. The van der Waals surface area contributed by atoms with E-state index in [0.717, 1.165) is 32.2 Å². The number of hydrogen-bond donors (Lipinski definition) is 3. The third-order valence-corrected chi connectivity index (χ3v) is 5.25. The lowest BCUT2D eigenvalue weighted by Crippen LogP contribution is -2.40. The highest BCUT2D eigenvalue weighted by atomic mass is 32.2. The van der Waals surface area contributed by atoms with Crippen LogP contribution in [-0.4, -0.2) is 59.0 Å². The predicted molar refractivity (Wildman–Crippen MR) is 79.4 cm³/mol. The molecule has 0 aliphatic carbocycles. The molecule has 0 spiro atoms. The fourth-order valence-corrected chi connectivity index (χ4v) is 3.55. The highest BCUT2D eigenvalue weighted by Gasteiger charge is 2.23. The number of amides is 1. The van der Waals surface area contributed by atoms with Gasteiger partial charge in [0.2, 0.25) is 15.9 Å². The molecule has 2 aliphatic rings. The Morgan fingerprint density at radius 1 is 1.29 bits per heavy atom. The summed E-state index contributed by atoms with van der Waals surface area (Å²) in [7, 11) is -3.36. The molecule has 2 saturated heterocycles. The van der Waals surface area contributed by atoms with E-state index in [2.05, 4.69) is 15.4 Å². The van der Waals surface area contributed by atoms with Crippen LogP contribution in [0.25, 0.3) is 0 Å². The summed E-state index contributed by atoms with van der Waals surface area (Å²) in [6.07, 6.45) is 3.82. The first kappa shape index (κ1) is 16.7. The van der Waals surface area contributed by atoms with E-state index >= 15 is 0 Å². The maximum Gasteiger partial charge on any atom is 0.224 e. The molecule has 2 heterocycles. The quantitative estimate of drug-likeness (QED) is 0.571. The van der Waals surface area contributed by atoms with E-state index in [1.807, 2.05) is 0 Å². The van der Waals surface area contributed by atoms with Crippen LogP contribution < -0.4 is 15.4 Å². The van der Waals surface area contributed by atoms with Crippen LogP contribution in [0.5, 0.6) is 0 Å². The largest absolute Gasteiger partial charge is 0.377 e. The second-order valence-corrected chi connectivity index (χ2v) is 7.56. The number of hydrogen-bond acceptors (Lipinski definition) is 5. The Balaban J connectivity index is 1.62. The molecule has 2 rings (SSSR count). The molecule has 0 aromatic rings. The van der Waals surface area contributed by atoms with Gasteiger partial charge in [0, 0.05) is 26.2 Å². The van der Waals surface area contributed by atoms with E-state index in [0.29, 0.717) is 19.7 Å². The van der Waals surface area contributed by atoms with Gasteiger partial charge in [0.15, 0.2) is 0 Å². The number of nitrogens with one attached hydrogen (secondary N) is 3. The van der Waals surface area contributed by atoms with Crippen LogP contribution in [0.1, 0.15) is 25.7 Å². The average Bonchev–Trinajstić information content (AvgIpc) is 3.00. The Morgan fingerprint density at radius 2 is 2.14 bits per heavy atom.